The van der Waals surface area contributed by atoms with Crippen LogP contribution in [0.5, 0.6) is 0 Å². The molecule has 1 heterocycles. The van der Waals surface area contributed by atoms with Crippen molar-refractivity contribution in [3.63, 3.8) is 0 Å². The van der Waals surface area contributed by atoms with Crippen molar-refractivity contribution in [2.24, 2.45) is 0 Å². The molecular weight excluding hydrogens is 202 g/mol. The monoisotopic (exact) mass is 217 g/mol. The lowest BCUT2D eigenvalue weighted by atomic mass is 10.1. The van der Waals surface area contributed by atoms with E-state index in [0.717, 1.165) is 18.4 Å². The van der Waals surface area contributed by atoms with Crippen molar-refractivity contribution < 1.29 is 9.59 Å². The van der Waals surface area contributed by atoms with E-state index in [1.165, 1.54) is 4.90 Å². The molecule has 3 heteroatoms. The zero-order chi connectivity index (χ0) is 11.7. The van der Waals surface area contributed by atoms with Crippen LogP contribution in [-0.4, -0.2) is 23.3 Å². The highest BCUT2D eigenvalue weighted by molar-refractivity contribution is 6.21. The molecule has 0 saturated heterocycles. The Morgan fingerprint density at radius 1 is 1.12 bits per heavy atom. The summed E-state index contributed by atoms with van der Waals surface area (Å²) < 4.78 is 0. The molecule has 2 amide bonds. The Hall–Kier alpha value is -1.64. The van der Waals surface area contributed by atoms with Crippen molar-refractivity contribution in [2.75, 3.05) is 6.54 Å². The second kappa shape index (κ2) is 4.08. The van der Waals surface area contributed by atoms with E-state index in [2.05, 4.69) is 0 Å². The predicted molar refractivity (Wildman–Crippen MR) is 61.5 cm³/mol. The molecular formula is C13H15NO2. The van der Waals surface area contributed by atoms with Crippen molar-refractivity contribution in [1.29, 1.82) is 0 Å². The smallest absolute Gasteiger partial charge is 0.261 e. The first-order chi connectivity index (χ1) is 7.65. The lowest BCUT2D eigenvalue weighted by Crippen LogP contribution is -2.30. The molecule has 0 unspecified atom stereocenters. The van der Waals surface area contributed by atoms with E-state index >= 15 is 0 Å². The van der Waals surface area contributed by atoms with Gasteiger partial charge in [-0.25, -0.2) is 0 Å². The van der Waals surface area contributed by atoms with Crippen molar-refractivity contribution >= 4 is 11.8 Å². The molecule has 16 heavy (non-hydrogen) atoms. The molecule has 2 rings (SSSR count). The highest BCUT2D eigenvalue weighted by Crippen LogP contribution is 2.23. The van der Waals surface area contributed by atoms with Crippen LogP contribution in [0.25, 0.3) is 0 Å². The maximum absolute atomic E-state index is 12.0. The first-order valence-corrected chi connectivity index (χ1v) is 5.62. The molecule has 1 aliphatic rings. The van der Waals surface area contributed by atoms with Crippen molar-refractivity contribution in [3.05, 3.63) is 34.9 Å². The van der Waals surface area contributed by atoms with Crippen LogP contribution in [0.1, 0.15) is 46.0 Å². The standard InChI is InChI=1S/C13H15NO2/c1-3-4-7-14-12(15)10-6-5-9(2)8-11(10)13(14)16/h5-6,8H,3-4,7H2,1-2H3. The molecule has 3 nitrogen and oxygen atoms in total. The van der Waals surface area contributed by atoms with E-state index in [1.54, 1.807) is 12.1 Å². The summed E-state index contributed by atoms with van der Waals surface area (Å²) in [6.45, 7) is 4.50. The fourth-order valence-electron chi connectivity index (χ4n) is 1.92. The van der Waals surface area contributed by atoms with Gasteiger partial charge in [-0.05, 0) is 25.5 Å². The van der Waals surface area contributed by atoms with Gasteiger partial charge in [0.25, 0.3) is 11.8 Å². The maximum Gasteiger partial charge on any atom is 0.261 e. The normalized spacial score (nSPS) is 14.5. The number of fused-ring (bicyclic) bond motifs is 1. The minimum atomic E-state index is -0.145. The molecule has 0 fully saturated rings. The highest BCUT2D eigenvalue weighted by Gasteiger charge is 2.34. The predicted octanol–water partition coefficient (Wildman–Crippen LogP) is 2.39. The van der Waals surface area contributed by atoms with E-state index in [4.69, 9.17) is 0 Å². The minimum absolute atomic E-state index is 0.142. The van der Waals surface area contributed by atoms with E-state index < -0.39 is 0 Å². The SMILES string of the molecule is CCCCN1C(=O)c2ccc(C)cc2C1=O. The summed E-state index contributed by atoms with van der Waals surface area (Å²) in [5, 5.41) is 0. The number of amides is 2. The zero-order valence-corrected chi connectivity index (χ0v) is 9.62. The zero-order valence-electron chi connectivity index (χ0n) is 9.62. The van der Waals surface area contributed by atoms with Crippen LogP contribution in [0.15, 0.2) is 18.2 Å². The van der Waals surface area contributed by atoms with E-state index in [0.29, 0.717) is 17.7 Å². The largest absolute Gasteiger partial charge is 0.274 e. The Balaban J connectivity index is 2.33. The number of aryl methyl sites for hydroxylation is 1. The average molecular weight is 217 g/mol. The van der Waals surface area contributed by atoms with Gasteiger partial charge in [0.2, 0.25) is 0 Å². The number of carbonyl (C=O) groups excluding carboxylic acids is 2. The van der Waals surface area contributed by atoms with E-state index in [-0.39, 0.29) is 11.8 Å². The molecule has 1 aromatic carbocycles. The summed E-state index contributed by atoms with van der Waals surface area (Å²) in [6.07, 6.45) is 1.84. The second-order valence-corrected chi connectivity index (χ2v) is 4.16. The Labute approximate surface area is 95.1 Å². The fourth-order valence-corrected chi connectivity index (χ4v) is 1.92. The topological polar surface area (TPSA) is 37.4 Å². The molecule has 0 atom stereocenters. The van der Waals surface area contributed by atoms with Gasteiger partial charge in [0.05, 0.1) is 11.1 Å². The molecule has 0 aliphatic carbocycles. The Morgan fingerprint density at radius 2 is 1.81 bits per heavy atom. The van der Waals surface area contributed by atoms with Gasteiger partial charge >= 0.3 is 0 Å². The van der Waals surface area contributed by atoms with Crippen LogP contribution in [-0.2, 0) is 0 Å². The third-order valence-corrected chi connectivity index (χ3v) is 2.86. The first-order valence-electron chi connectivity index (χ1n) is 5.62. The van der Waals surface area contributed by atoms with Crippen LogP contribution >= 0.6 is 0 Å². The minimum Gasteiger partial charge on any atom is -0.274 e. The van der Waals surface area contributed by atoms with Gasteiger partial charge in [0.15, 0.2) is 0 Å². The maximum atomic E-state index is 12.0. The number of benzene rings is 1. The lowest BCUT2D eigenvalue weighted by molar-refractivity contribution is 0.0652. The van der Waals surface area contributed by atoms with Crippen molar-refractivity contribution in [3.8, 4) is 0 Å². The number of carbonyl (C=O) groups is 2. The summed E-state index contributed by atoms with van der Waals surface area (Å²) in [4.78, 5) is 25.3. The summed E-state index contributed by atoms with van der Waals surface area (Å²) in [6, 6.07) is 5.41. The van der Waals surface area contributed by atoms with Crippen LogP contribution < -0.4 is 0 Å². The Morgan fingerprint density at radius 3 is 2.50 bits per heavy atom. The highest BCUT2D eigenvalue weighted by atomic mass is 16.2. The summed E-state index contributed by atoms with van der Waals surface area (Å²) in [5.41, 5.74) is 2.12. The number of unbranched alkanes of at least 4 members (excludes halogenated alkanes) is 1. The Kier molecular flexibility index (Phi) is 2.77. The quantitative estimate of drug-likeness (QED) is 0.729. The van der Waals surface area contributed by atoms with Crippen molar-refractivity contribution in [2.45, 2.75) is 26.7 Å². The Bertz CT molecular complexity index is 451. The summed E-state index contributed by atoms with van der Waals surface area (Å²) in [7, 11) is 0. The number of hydrogen-bond acceptors (Lipinski definition) is 2. The second-order valence-electron chi connectivity index (χ2n) is 4.16. The van der Waals surface area contributed by atoms with Gasteiger partial charge in [0.1, 0.15) is 0 Å². The van der Waals surface area contributed by atoms with Crippen molar-refractivity contribution in [1.82, 2.24) is 4.90 Å². The molecule has 0 aromatic heterocycles. The van der Waals surface area contributed by atoms with Gasteiger partial charge in [0, 0.05) is 6.54 Å². The van der Waals surface area contributed by atoms with E-state index in [1.807, 2.05) is 19.9 Å². The van der Waals surface area contributed by atoms with Crippen LogP contribution in [0, 0.1) is 6.92 Å². The fraction of sp³-hybridized carbons (Fsp3) is 0.385. The average Bonchev–Trinajstić information content (AvgIpc) is 2.50. The number of rotatable bonds is 3. The molecule has 0 N–H and O–H groups in total. The van der Waals surface area contributed by atoms with Crippen LogP contribution in [0.4, 0.5) is 0 Å². The first kappa shape index (κ1) is 10.9. The molecule has 0 saturated carbocycles. The van der Waals surface area contributed by atoms with Gasteiger partial charge in [-0.3, -0.25) is 14.5 Å². The number of nitrogens with zero attached hydrogens (tertiary/aromatic N) is 1. The van der Waals surface area contributed by atoms with Gasteiger partial charge < -0.3 is 0 Å². The van der Waals surface area contributed by atoms with Gasteiger partial charge in [-0.15, -0.1) is 0 Å². The summed E-state index contributed by atoms with van der Waals surface area (Å²) in [5.74, 6) is -0.286. The van der Waals surface area contributed by atoms with Crippen LogP contribution in [0.2, 0.25) is 0 Å². The molecule has 1 aliphatic heterocycles. The molecule has 1 aromatic rings. The van der Waals surface area contributed by atoms with Gasteiger partial charge in [-0.2, -0.15) is 0 Å². The van der Waals surface area contributed by atoms with Gasteiger partial charge in [-0.1, -0.05) is 25.0 Å². The van der Waals surface area contributed by atoms with Crippen LogP contribution in [0.3, 0.4) is 0 Å². The molecule has 0 radical (unpaired) electrons. The third-order valence-electron chi connectivity index (χ3n) is 2.86. The molecule has 0 spiro atoms. The van der Waals surface area contributed by atoms with E-state index in [9.17, 15) is 9.59 Å². The lowest BCUT2D eigenvalue weighted by Gasteiger charge is -2.12. The molecule has 0 bridgehead atoms. The third kappa shape index (κ3) is 1.62. The number of hydrogen-bond donors (Lipinski definition) is 0. The molecule has 84 valence electrons. The number of imide groups is 1. The summed E-state index contributed by atoms with van der Waals surface area (Å²) >= 11 is 0.